The molecule has 0 bridgehead atoms. The average Bonchev–Trinajstić information content (AvgIpc) is 3.37. The number of hydrogen-bond donors (Lipinski definition) is 0. The molecule has 0 aliphatic heterocycles. The van der Waals surface area contributed by atoms with E-state index in [0.717, 1.165) is 33.9 Å². The molecule has 0 radical (unpaired) electrons. The molecular weight excluding hydrogens is 420 g/mol. The zero-order valence-electron chi connectivity index (χ0n) is 19.8. The maximum absolute atomic E-state index is 5.72. The quantitative estimate of drug-likeness (QED) is 0.285. The Morgan fingerprint density at radius 3 is 2.24 bits per heavy atom. The van der Waals surface area contributed by atoms with Gasteiger partial charge in [0.15, 0.2) is 5.82 Å². The standard InChI is InChI=1S/C29H28N4O/c1-21-10-14-23(15-11-21)28-30-27-9-5-4-8-26(27)29(31-28)33(20-25-7-6-18-34-25)19-22-12-16-24(17-13-22)32(2)3/h4-18H,19-20H2,1-3H3. The Balaban J connectivity index is 1.61. The summed E-state index contributed by atoms with van der Waals surface area (Å²) in [4.78, 5) is 14.4. The van der Waals surface area contributed by atoms with Crippen molar-refractivity contribution in [1.82, 2.24) is 9.97 Å². The number of anilines is 2. The van der Waals surface area contributed by atoms with Gasteiger partial charge in [-0.05, 0) is 48.9 Å². The number of aromatic nitrogens is 2. The number of aryl methyl sites for hydroxylation is 1. The molecule has 0 unspecified atom stereocenters. The van der Waals surface area contributed by atoms with E-state index in [1.807, 2.05) is 24.3 Å². The van der Waals surface area contributed by atoms with Crippen LogP contribution in [0.4, 0.5) is 11.5 Å². The lowest BCUT2D eigenvalue weighted by atomic mass is 10.1. The Labute approximate surface area is 200 Å². The SMILES string of the molecule is Cc1ccc(-c2nc(N(Cc3ccc(N(C)C)cc3)Cc3ccco3)c3ccccc3n2)cc1. The lowest BCUT2D eigenvalue weighted by Gasteiger charge is -2.25. The maximum Gasteiger partial charge on any atom is 0.162 e. The number of nitrogens with zero attached hydrogens (tertiary/aromatic N) is 4. The van der Waals surface area contributed by atoms with E-state index < -0.39 is 0 Å². The van der Waals surface area contributed by atoms with Gasteiger partial charge in [-0.2, -0.15) is 0 Å². The zero-order valence-corrected chi connectivity index (χ0v) is 19.8. The molecule has 2 heterocycles. The number of para-hydroxylation sites is 1. The molecule has 34 heavy (non-hydrogen) atoms. The molecule has 0 amide bonds. The van der Waals surface area contributed by atoms with Crippen LogP contribution >= 0.6 is 0 Å². The highest BCUT2D eigenvalue weighted by atomic mass is 16.3. The lowest BCUT2D eigenvalue weighted by molar-refractivity contribution is 0.501. The van der Waals surface area contributed by atoms with Crippen molar-refractivity contribution in [3.63, 3.8) is 0 Å². The summed E-state index contributed by atoms with van der Waals surface area (Å²) in [7, 11) is 4.11. The van der Waals surface area contributed by atoms with Gasteiger partial charge in [0.05, 0.1) is 18.3 Å². The molecule has 0 saturated heterocycles. The fourth-order valence-corrected chi connectivity index (χ4v) is 4.05. The summed E-state index contributed by atoms with van der Waals surface area (Å²) in [6, 6.07) is 29.1. The largest absolute Gasteiger partial charge is 0.467 e. The van der Waals surface area contributed by atoms with Crippen molar-refractivity contribution in [2.45, 2.75) is 20.0 Å². The van der Waals surface area contributed by atoms with E-state index in [4.69, 9.17) is 14.4 Å². The summed E-state index contributed by atoms with van der Waals surface area (Å²) >= 11 is 0. The molecule has 3 aromatic carbocycles. The minimum absolute atomic E-state index is 0.608. The van der Waals surface area contributed by atoms with Gasteiger partial charge in [0.25, 0.3) is 0 Å². The third kappa shape index (κ3) is 4.64. The van der Waals surface area contributed by atoms with Gasteiger partial charge in [-0.1, -0.05) is 54.1 Å². The van der Waals surface area contributed by atoms with Gasteiger partial charge in [-0.25, -0.2) is 9.97 Å². The first-order valence-electron chi connectivity index (χ1n) is 11.4. The molecule has 5 nitrogen and oxygen atoms in total. The van der Waals surface area contributed by atoms with Gasteiger partial charge in [0.1, 0.15) is 11.6 Å². The molecule has 5 heteroatoms. The van der Waals surface area contributed by atoms with Gasteiger partial charge in [-0.3, -0.25) is 0 Å². The van der Waals surface area contributed by atoms with Crippen molar-refractivity contribution < 1.29 is 4.42 Å². The minimum atomic E-state index is 0.608. The van der Waals surface area contributed by atoms with Gasteiger partial charge in [0.2, 0.25) is 0 Å². The number of benzene rings is 3. The molecule has 0 aliphatic rings. The second-order valence-corrected chi connectivity index (χ2v) is 8.75. The Kier molecular flexibility index (Phi) is 6.00. The van der Waals surface area contributed by atoms with Gasteiger partial charge in [-0.15, -0.1) is 0 Å². The van der Waals surface area contributed by atoms with Crippen LogP contribution in [-0.2, 0) is 13.1 Å². The molecule has 0 spiro atoms. The summed E-state index contributed by atoms with van der Waals surface area (Å²) in [6.07, 6.45) is 1.72. The fraction of sp³-hybridized carbons (Fsp3) is 0.172. The van der Waals surface area contributed by atoms with Crippen LogP contribution in [0.3, 0.4) is 0 Å². The Morgan fingerprint density at radius 2 is 1.53 bits per heavy atom. The van der Waals surface area contributed by atoms with Crippen LogP contribution in [0.2, 0.25) is 0 Å². The summed E-state index contributed by atoms with van der Waals surface area (Å²) in [6.45, 7) is 3.39. The molecule has 5 rings (SSSR count). The summed E-state index contributed by atoms with van der Waals surface area (Å²) in [5, 5.41) is 1.02. The van der Waals surface area contributed by atoms with Crippen LogP contribution in [0.25, 0.3) is 22.3 Å². The number of fused-ring (bicyclic) bond motifs is 1. The number of furan rings is 1. The second kappa shape index (κ2) is 9.40. The monoisotopic (exact) mass is 448 g/mol. The maximum atomic E-state index is 5.72. The highest BCUT2D eigenvalue weighted by Crippen LogP contribution is 2.30. The van der Waals surface area contributed by atoms with Crippen molar-refractivity contribution in [2.75, 3.05) is 23.9 Å². The first-order valence-corrected chi connectivity index (χ1v) is 11.4. The Hall–Kier alpha value is -4.12. The topological polar surface area (TPSA) is 45.4 Å². The van der Waals surface area contributed by atoms with Gasteiger partial charge in [0, 0.05) is 37.3 Å². The molecule has 0 saturated carbocycles. The van der Waals surface area contributed by atoms with E-state index in [0.29, 0.717) is 13.1 Å². The predicted molar refractivity (Wildman–Crippen MR) is 139 cm³/mol. The van der Waals surface area contributed by atoms with E-state index in [9.17, 15) is 0 Å². The molecule has 170 valence electrons. The third-order valence-electron chi connectivity index (χ3n) is 5.95. The zero-order chi connectivity index (χ0) is 23.5. The normalized spacial score (nSPS) is 11.0. The molecule has 2 aromatic heterocycles. The van der Waals surface area contributed by atoms with Crippen molar-refractivity contribution in [3.05, 3.63) is 108 Å². The summed E-state index contributed by atoms with van der Waals surface area (Å²) < 4.78 is 5.72. The van der Waals surface area contributed by atoms with E-state index in [-0.39, 0.29) is 0 Å². The van der Waals surface area contributed by atoms with Gasteiger partial charge < -0.3 is 14.2 Å². The van der Waals surface area contributed by atoms with E-state index >= 15 is 0 Å². The highest BCUT2D eigenvalue weighted by molar-refractivity contribution is 5.91. The first kappa shape index (κ1) is 21.7. The Bertz CT molecular complexity index is 1370. The fourth-order valence-electron chi connectivity index (χ4n) is 4.05. The molecule has 0 atom stereocenters. The van der Waals surface area contributed by atoms with Crippen molar-refractivity contribution in [2.24, 2.45) is 0 Å². The lowest BCUT2D eigenvalue weighted by Crippen LogP contribution is -2.23. The predicted octanol–water partition coefficient (Wildman–Crippen LogP) is 6.47. The van der Waals surface area contributed by atoms with E-state index in [1.165, 1.54) is 16.8 Å². The third-order valence-corrected chi connectivity index (χ3v) is 5.95. The Morgan fingerprint density at radius 1 is 0.765 bits per heavy atom. The number of hydrogen-bond acceptors (Lipinski definition) is 5. The molecule has 0 N–H and O–H groups in total. The van der Waals surface area contributed by atoms with Crippen LogP contribution in [0.1, 0.15) is 16.9 Å². The molecule has 5 aromatic rings. The highest BCUT2D eigenvalue weighted by Gasteiger charge is 2.18. The van der Waals surface area contributed by atoms with E-state index in [1.54, 1.807) is 6.26 Å². The van der Waals surface area contributed by atoms with Crippen molar-refractivity contribution >= 4 is 22.4 Å². The van der Waals surface area contributed by atoms with Crippen molar-refractivity contribution in [3.8, 4) is 11.4 Å². The molecular formula is C29H28N4O. The molecule has 0 fully saturated rings. The summed E-state index contributed by atoms with van der Waals surface area (Å²) in [5.74, 6) is 2.51. The molecule has 0 aliphatic carbocycles. The number of rotatable bonds is 7. The van der Waals surface area contributed by atoms with E-state index in [2.05, 4.69) is 91.5 Å². The smallest absolute Gasteiger partial charge is 0.162 e. The minimum Gasteiger partial charge on any atom is -0.467 e. The second-order valence-electron chi connectivity index (χ2n) is 8.75. The van der Waals surface area contributed by atoms with Gasteiger partial charge >= 0.3 is 0 Å². The van der Waals surface area contributed by atoms with Crippen molar-refractivity contribution in [1.29, 1.82) is 0 Å². The van der Waals surface area contributed by atoms with Crippen LogP contribution in [-0.4, -0.2) is 24.1 Å². The van der Waals surface area contributed by atoms with Crippen LogP contribution in [0.15, 0.2) is 95.6 Å². The first-order chi connectivity index (χ1) is 16.6. The van der Waals surface area contributed by atoms with Crippen LogP contribution < -0.4 is 9.80 Å². The van der Waals surface area contributed by atoms with Crippen LogP contribution in [0.5, 0.6) is 0 Å². The van der Waals surface area contributed by atoms with Crippen LogP contribution in [0, 0.1) is 6.92 Å². The summed E-state index contributed by atoms with van der Waals surface area (Å²) in [5.41, 5.74) is 5.53. The average molecular weight is 449 g/mol.